The topological polar surface area (TPSA) is 60.4 Å². The maximum atomic E-state index is 5.83. The molecule has 0 saturated carbocycles. The second-order valence-electron chi connectivity index (χ2n) is 4.29. The second kappa shape index (κ2) is 6.29. The van der Waals surface area contributed by atoms with Gasteiger partial charge in [0.2, 0.25) is 0 Å². The van der Waals surface area contributed by atoms with Gasteiger partial charge in [-0.25, -0.2) is 0 Å². The Morgan fingerprint density at radius 2 is 2.05 bits per heavy atom. The van der Waals surface area contributed by atoms with Gasteiger partial charge in [-0.15, -0.1) is 0 Å². The van der Waals surface area contributed by atoms with Gasteiger partial charge in [-0.2, -0.15) is 0 Å². The third-order valence-corrected chi connectivity index (χ3v) is 3.05. The molecule has 0 aliphatic rings. The van der Waals surface area contributed by atoms with E-state index in [1.807, 2.05) is 36.4 Å². The highest BCUT2D eigenvalue weighted by Crippen LogP contribution is 2.28. The van der Waals surface area contributed by atoms with Gasteiger partial charge in [-0.3, -0.25) is 0 Å². The summed E-state index contributed by atoms with van der Waals surface area (Å²) in [6.07, 6.45) is 0.881. The van der Waals surface area contributed by atoms with Crippen LogP contribution >= 0.6 is 0 Å². The summed E-state index contributed by atoms with van der Waals surface area (Å²) in [5.74, 6) is 2.61. The van der Waals surface area contributed by atoms with Gasteiger partial charge < -0.3 is 20.2 Å². The molecule has 0 radical (unpaired) electrons. The zero-order chi connectivity index (χ0) is 13.7. The van der Waals surface area contributed by atoms with Crippen LogP contribution in [0, 0.1) is 0 Å². The fourth-order valence-electron chi connectivity index (χ4n) is 1.97. The first kappa shape index (κ1) is 13.5. The molecule has 0 saturated heterocycles. The average Bonchev–Trinajstić information content (AvgIpc) is 2.93. The van der Waals surface area contributed by atoms with Crippen molar-refractivity contribution >= 4 is 5.69 Å². The molecule has 2 aromatic rings. The standard InChI is InChI=1S/C15H20N2O2/c1-3-11-8-9-15(19-11)13(10-16)17-12-6-4-5-7-14(12)18-2/h4-9,13,17H,3,10,16H2,1-2H3. The molecule has 0 amide bonds. The van der Waals surface area contributed by atoms with Crippen LogP contribution in [0.25, 0.3) is 0 Å². The molecule has 3 N–H and O–H groups in total. The zero-order valence-corrected chi connectivity index (χ0v) is 11.3. The van der Waals surface area contributed by atoms with Crippen molar-refractivity contribution in [3.63, 3.8) is 0 Å². The Morgan fingerprint density at radius 3 is 2.68 bits per heavy atom. The lowest BCUT2D eigenvalue weighted by Gasteiger charge is -2.18. The predicted octanol–water partition coefficient (Wildman–Crippen LogP) is 2.96. The minimum Gasteiger partial charge on any atom is -0.495 e. The number of nitrogens with one attached hydrogen (secondary N) is 1. The van der Waals surface area contributed by atoms with Gasteiger partial charge in [0.15, 0.2) is 0 Å². The van der Waals surface area contributed by atoms with Crippen LogP contribution in [0.3, 0.4) is 0 Å². The van der Waals surface area contributed by atoms with E-state index < -0.39 is 0 Å². The number of furan rings is 1. The molecule has 102 valence electrons. The largest absolute Gasteiger partial charge is 0.495 e. The molecule has 1 unspecified atom stereocenters. The summed E-state index contributed by atoms with van der Waals surface area (Å²) >= 11 is 0. The van der Waals surface area contributed by atoms with Crippen molar-refractivity contribution in [2.45, 2.75) is 19.4 Å². The van der Waals surface area contributed by atoms with E-state index in [2.05, 4.69) is 12.2 Å². The van der Waals surface area contributed by atoms with Crippen molar-refractivity contribution < 1.29 is 9.15 Å². The van der Waals surface area contributed by atoms with Gasteiger partial charge in [0, 0.05) is 13.0 Å². The minimum atomic E-state index is -0.0587. The number of benzene rings is 1. The summed E-state index contributed by atoms with van der Waals surface area (Å²) in [4.78, 5) is 0. The van der Waals surface area contributed by atoms with Crippen LogP contribution in [0.2, 0.25) is 0 Å². The molecule has 1 aromatic carbocycles. The highest BCUT2D eigenvalue weighted by Gasteiger charge is 2.15. The van der Waals surface area contributed by atoms with E-state index >= 15 is 0 Å². The van der Waals surface area contributed by atoms with E-state index in [4.69, 9.17) is 14.9 Å². The molecular weight excluding hydrogens is 240 g/mol. The molecular formula is C15H20N2O2. The van der Waals surface area contributed by atoms with Crippen molar-refractivity contribution in [3.8, 4) is 5.75 Å². The van der Waals surface area contributed by atoms with E-state index in [1.165, 1.54) is 0 Å². The molecule has 2 rings (SSSR count). The van der Waals surface area contributed by atoms with Crippen LogP contribution in [-0.4, -0.2) is 13.7 Å². The van der Waals surface area contributed by atoms with Gasteiger partial charge in [-0.05, 0) is 24.3 Å². The summed E-state index contributed by atoms with van der Waals surface area (Å²) in [6, 6.07) is 11.7. The maximum Gasteiger partial charge on any atom is 0.141 e. The predicted molar refractivity (Wildman–Crippen MR) is 76.5 cm³/mol. The Kier molecular flexibility index (Phi) is 4.47. The van der Waals surface area contributed by atoms with Gasteiger partial charge >= 0.3 is 0 Å². The lowest BCUT2D eigenvalue weighted by atomic mass is 10.2. The first-order valence-corrected chi connectivity index (χ1v) is 6.46. The lowest BCUT2D eigenvalue weighted by Crippen LogP contribution is -2.20. The fraction of sp³-hybridized carbons (Fsp3) is 0.333. The molecule has 0 bridgehead atoms. The van der Waals surface area contributed by atoms with E-state index in [9.17, 15) is 0 Å². The Bertz CT molecular complexity index is 522. The molecule has 0 fully saturated rings. The SMILES string of the molecule is CCc1ccc(C(CN)Nc2ccccc2OC)o1. The molecule has 1 heterocycles. The smallest absolute Gasteiger partial charge is 0.141 e. The van der Waals surface area contributed by atoms with Crippen LogP contribution in [0.15, 0.2) is 40.8 Å². The van der Waals surface area contributed by atoms with Crippen molar-refractivity contribution in [1.29, 1.82) is 0 Å². The van der Waals surface area contributed by atoms with Crippen molar-refractivity contribution in [1.82, 2.24) is 0 Å². The Morgan fingerprint density at radius 1 is 1.26 bits per heavy atom. The lowest BCUT2D eigenvalue weighted by molar-refractivity contribution is 0.414. The zero-order valence-electron chi connectivity index (χ0n) is 11.3. The molecule has 1 aromatic heterocycles. The van der Waals surface area contributed by atoms with Crippen LogP contribution in [0.1, 0.15) is 24.5 Å². The van der Waals surface area contributed by atoms with Crippen LogP contribution < -0.4 is 15.8 Å². The normalized spacial score (nSPS) is 12.2. The molecule has 19 heavy (non-hydrogen) atoms. The van der Waals surface area contributed by atoms with Crippen LogP contribution in [0.5, 0.6) is 5.75 Å². The van der Waals surface area contributed by atoms with Gasteiger partial charge in [0.1, 0.15) is 17.3 Å². The average molecular weight is 260 g/mol. The fourth-order valence-corrected chi connectivity index (χ4v) is 1.97. The molecule has 0 spiro atoms. The van der Waals surface area contributed by atoms with E-state index in [0.29, 0.717) is 6.54 Å². The summed E-state index contributed by atoms with van der Waals surface area (Å²) in [7, 11) is 1.65. The maximum absolute atomic E-state index is 5.83. The number of para-hydroxylation sites is 2. The third kappa shape index (κ3) is 3.09. The van der Waals surface area contributed by atoms with Gasteiger partial charge in [0.05, 0.1) is 18.8 Å². The minimum absolute atomic E-state index is 0.0587. The first-order chi connectivity index (χ1) is 9.28. The second-order valence-corrected chi connectivity index (χ2v) is 4.29. The Hall–Kier alpha value is -1.94. The highest BCUT2D eigenvalue weighted by atomic mass is 16.5. The van der Waals surface area contributed by atoms with E-state index in [1.54, 1.807) is 7.11 Å². The third-order valence-electron chi connectivity index (χ3n) is 3.05. The van der Waals surface area contributed by atoms with Crippen LogP contribution in [0.4, 0.5) is 5.69 Å². The van der Waals surface area contributed by atoms with E-state index in [-0.39, 0.29) is 6.04 Å². The Balaban J connectivity index is 2.18. The molecule has 0 aliphatic heterocycles. The van der Waals surface area contributed by atoms with E-state index in [0.717, 1.165) is 29.4 Å². The molecule has 4 nitrogen and oxygen atoms in total. The number of nitrogens with two attached hydrogens (primary N) is 1. The number of hydrogen-bond donors (Lipinski definition) is 2. The van der Waals surface area contributed by atoms with Crippen molar-refractivity contribution in [2.75, 3.05) is 19.0 Å². The van der Waals surface area contributed by atoms with Gasteiger partial charge in [-0.1, -0.05) is 19.1 Å². The van der Waals surface area contributed by atoms with Gasteiger partial charge in [0.25, 0.3) is 0 Å². The number of hydrogen-bond acceptors (Lipinski definition) is 4. The number of rotatable bonds is 6. The molecule has 0 aliphatic carbocycles. The van der Waals surface area contributed by atoms with Crippen LogP contribution in [-0.2, 0) is 6.42 Å². The monoisotopic (exact) mass is 260 g/mol. The summed E-state index contributed by atoms with van der Waals surface area (Å²) in [5.41, 5.74) is 6.74. The molecule has 4 heteroatoms. The summed E-state index contributed by atoms with van der Waals surface area (Å²) in [5, 5.41) is 3.36. The summed E-state index contributed by atoms with van der Waals surface area (Å²) < 4.78 is 11.1. The number of ether oxygens (including phenoxy) is 1. The quantitative estimate of drug-likeness (QED) is 0.838. The van der Waals surface area contributed by atoms with Crippen molar-refractivity contribution in [2.24, 2.45) is 5.73 Å². The first-order valence-electron chi connectivity index (χ1n) is 6.46. The van der Waals surface area contributed by atoms with Crippen molar-refractivity contribution in [3.05, 3.63) is 47.9 Å². The summed E-state index contributed by atoms with van der Waals surface area (Å²) in [6.45, 7) is 2.52. The number of aryl methyl sites for hydroxylation is 1. The highest BCUT2D eigenvalue weighted by molar-refractivity contribution is 5.57. The Labute approximate surface area is 113 Å². The molecule has 1 atom stereocenters. The number of anilines is 1. The number of methoxy groups -OCH3 is 1.